The van der Waals surface area contributed by atoms with Gasteiger partial charge >= 0.3 is 0 Å². The molecule has 0 fully saturated rings. The van der Waals surface area contributed by atoms with E-state index in [2.05, 4.69) is 50.2 Å². The minimum absolute atomic E-state index is 0.208. The first kappa shape index (κ1) is 13.2. The lowest BCUT2D eigenvalue weighted by Crippen LogP contribution is -2.45. The van der Waals surface area contributed by atoms with Gasteiger partial charge in [-0.1, -0.05) is 50.1 Å². The Hall–Kier alpha value is -0.860. The average Bonchev–Trinajstić information content (AvgIpc) is 2.27. The van der Waals surface area contributed by atoms with E-state index in [-0.39, 0.29) is 5.54 Å². The van der Waals surface area contributed by atoms with Crippen LogP contribution in [0.3, 0.4) is 0 Å². The van der Waals surface area contributed by atoms with Gasteiger partial charge in [0.05, 0.1) is 5.54 Å². The molecule has 0 saturated carbocycles. The van der Waals surface area contributed by atoms with Crippen molar-refractivity contribution in [2.45, 2.75) is 31.7 Å². The molecule has 1 rings (SSSR count). The molecule has 0 amide bonds. The lowest BCUT2D eigenvalue weighted by atomic mass is 9.85. The molecule has 1 aromatic carbocycles. The molecule has 1 aromatic rings. The molecule has 16 heavy (non-hydrogen) atoms. The molecule has 0 bridgehead atoms. The summed E-state index contributed by atoms with van der Waals surface area (Å²) in [4.78, 5) is 2.17. The zero-order valence-electron chi connectivity index (χ0n) is 10.7. The van der Waals surface area contributed by atoms with Gasteiger partial charge in [0.15, 0.2) is 0 Å². The van der Waals surface area contributed by atoms with E-state index in [4.69, 9.17) is 5.73 Å². The molecule has 0 radical (unpaired) electrons. The summed E-state index contributed by atoms with van der Waals surface area (Å²) in [6.45, 7) is 3.11. The summed E-state index contributed by atoms with van der Waals surface area (Å²) in [5.41, 5.74) is 7.60. The lowest BCUT2D eigenvalue weighted by molar-refractivity contribution is 0.266. The summed E-state index contributed by atoms with van der Waals surface area (Å²) >= 11 is 0. The van der Waals surface area contributed by atoms with E-state index in [0.717, 1.165) is 13.0 Å². The van der Waals surface area contributed by atoms with Crippen LogP contribution in [0.2, 0.25) is 0 Å². The quantitative estimate of drug-likeness (QED) is 0.798. The van der Waals surface area contributed by atoms with Gasteiger partial charge in [-0.05, 0) is 26.1 Å². The minimum atomic E-state index is -0.208. The molecule has 1 unspecified atom stereocenters. The number of likely N-dealkylation sites (N-methyl/N-ethyl adjacent to an activating group) is 1. The Morgan fingerprint density at radius 1 is 1.19 bits per heavy atom. The maximum atomic E-state index is 6.56. The molecule has 0 aromatic heterocycles. The fourth-order valence-electron chi connectivity index (χ4n) is 2.14. The monoisotopic (exact) mass is 220 g/mol. The lowest BCUT2D eigenvalue weighted by Gasteiger charge is -2.33. The van der Waals surface area contributed by atoms with Gasteiger partial charge < -0.3 is 10.6 Å². The third-order valence-electron chi connectivity index (χ3n) is 2.92. The zero-order valence-corrected chi connectivity index (χ0v) is 10.7. The third-order valence-corrected chi connectivity index (χ3v) is 2.92. The summed E-state index contributed by atoms with van der Waals surface area (Å²) < 4.78 is 0. The van der Waals surface area contributed by atoms with Crippen molar-refractivity contribution in [1.82, 2.24) is 4.90 Å². The molecule has 2 nitrogen and oxygen atoms in total. The smallest absolute Gasteiger partial charge is 0.0538 e. The molecule has 0 aliphatic carbocycles. The SMILES string of the molecule is CCCCC(N)(CN(C)C)c1ccccc1. The molecule has 2 heteroatoms. The van der Waals surface area contributed by atoms with Crippen LogP contribution < -0.4 is 5.73 Å². The first-order valence-electron chi connectivity index (χ1n) is 6.07. The van der Waals surface area contributed by atoms with Crippen LogP contribution in [0.15, 0.2) is 30.3 Å². The maximum absolute atomic E-state index is 6.56. The molecule has 0 aliphatic heterocycles. The standard InChI is InChI=1S/C14H24N2/c1-4-5-11-14(15,12-16(2)3)13-9-7-6-8-10-13/h6-10H,4-5,11-12,15H2,1-3H3. The zero-order chi connectivity index (χ0) is 12.0. The molecule has 0 spiro atoms. The van der Waals surface area contributed by atoms with Gasteiger partial charge in [-0.3, -0.25) is 0 Å². The van der Waals surface area contributed by atoms with Gasteiger partial charge in [0, 0.05) is 6.54 Å². The van der Waals surface area contributed by atoms with Gasteiger partial charge in [-0.2, -0.15) is 0 Å². The number of nitrogens with two attached hydrogens (primary N) is 1. The number of hydrogen-bond donors (Lipinski definition) is 1. The van der Waals surface area contributed by atoms with Gasteiger partial charge in [-0.25, -0.2) is 0 Å². The van der Waals surface area contributed by atoms with Gasteiger partial charge in [-0.15, -0.1) is 0 Å². The predicted molar refractivity (Wildman–Crippen MR) is 70.4 cm³/mol. The second kappa shape index (κ2) is 6.02. The molecule has 0 saturated heterocycles. The van der Waals surface area contributed by atoms with E-state index >= 15 is 0 Å². The van der Waals surface area contributed by atoms with Crippen molar-refractivity contribution in [3.8, 4) is 0 Å². The van der Waals surface area contributed by atoms with Crippen molar-refractivity contribution in [3.05, 3.63) is 35.9 Å². The maximum Gasteiger partial charge on any atom is 0.0538 e. The van der Waals surface area contributed by atoms with E-state index < -0.39 is 0 Å². The van der Waals surface area contributed by atoms with E-state index in [1.807, 2.05) is 6.07 Å². The normalized spacial score (nSPS) is 15.1. The molecular formula is C14H24N2. The van der Waals surface area contributed by atoms with Crippen LogP contribution in [0.5, 0.6) is 0 Å². The van der Waals surface area contributed by atoms with Crippen LogP contribution in [-0.2, 0) is 5.54 Å². The fourth-order valence-corrected chi connectivity index (χ4v) is 2.14. The van der Waals surface area contributed by atoms with Gasteiger partial charge in [0.1, 0.15) is 0 Å². The Morgan fingerprint density at radius 2 is 1.81 bits per heavy atom. The van der Waals surface area contributed by atoms with Crippen molar-refractivity contribution >= 4 is 0 Å². The number of benzene rings is 1. The summed E-state index contributed by atoms with van der Waals surface area (Å²) in [6.07, 6.45) is 3.42. The summed E-state index contributed by atoms with van der Waals surface area (Å²) in [6, 6.07) is 10.5. The van der Waals surface area contributed by atoms with Crippen molar-refractivity contribution in [2.75, 3.05) is 20.6 Å². The van der Waals surface area contributed by atoms with Crippen LogP contribution in [0.4, 0.5) is 0 Å². The van der Waals surface area contributed by atoms with Gasteiger partial charge in [0.25, 0.3) is 0 Å². The number of rotatable bonds is 6. The first-order valence-corrected chi connectivity index (χ1v) is 6.07. The molecular weight excluding hydrogens is 196 g/mol. The summed E-state index contributed by atoms with van der Waals surface area (Å²) in [5, 5.41) is 0. The van der Waals surface area contributed by atoms with E-state index in [1.165, 1.54) is 18.4 Å². The second-order valence-corrected chi connectivity index (χ2v) is 4.86. The van der Waals surface area contributed by atoms with Crippen LogP contribution >= 0.6 is 0 Å². The van der Waals surface area contributed by atoms with Crippen LogP contribution in [0, 0.1) is 0 Å². The van der Waals surface area contributed by atoms with Crippen molar-refractivity contribution in [2.24, 2.45) is 5.73 Å². The highest BCUT2D eigenvalue weighted by Gasteiger charge is 2.26. The molecule has 1 atom stereocenters. The van der Waals surface area contributed by atoms with Crippen LogP contribution in [0.1, 0.15) is 31.7 Å². The van der Waals surface area contributed by atoms with E-state index in [0.29, 0.717) is 0 Å². The highest BCUT2D eigenvalue weighted by atomic mass is 15.1. The van der Waals surface area contributed by atoms with Crippen molar-refractivity contribution < 1.29 is 0 Å². The van der Waals surface area contributed by atoms with Crippen molar-refractivity contribution in [1.29, 1.82) is 0 Å². The van der Waals surface area contributed by atoms with E-state index in [9.17, 15) is 0 Å². The Balaban J connectivity index is 2.85. The Bertz CT molecular complexity index is 295. The van der Waals surface area contributed by atoms with Gasteiger partial charge in [0.2, 0.25) is 0 Å². The van der Waals surface area contributed by atoms with Crippen molar-refractivity contribution in [3.63, 3.8) is 0 Å². The Labute approximate surface area is 99.5 Å². The number of hydrogen-bond acceptors (Lipinski definition) is 2. The van der Waals surface area contributed by atoms with Crippen LogP contribution in [-0.4, -0.2) is 25.5 Å². The summed E-state index contributed by atoms with van der Waals surface area (Å²) in [5.74, 6) is 0. The molecule has 90 valence electrons. The second-order valence-electron chi connectivity index (χ2n) is 4.86. The van der Waals surface area contributed by atoms with Crippen LogP contribution in [0.25, 0.3) is 0 Å². The highest BCUT2D eigenvalue weighted by molar-refractivity contribution is 5.24. The number of nitrogens with zero attached hydrogens (tertiary/aromatic N) is 1. The Kier molecular flexibility index (Phi) is 4.97. The van der Waals surface area contributed by atoms with E-state index in [1.54, 1.807) is 0 Å². The first-order chi connectivity index (χ1) is 7.58. The summed E-state index contributed by atoms with van der Waals surface area (Å²) in [7, 11) is 4.16. The highest BCUT2D eigenvalue weighted by Crippen LogP contribution is 2.25. The topological polar surface area (TPSA) is 29.3 Å². The number of unbranched alkanes of at least 4 members (excludes halogenated alkanes) is 1. The Morgan fingerprint density at radius 3 is 2.31 bits per heavy atom. The predicted octanol–water partition coefficient (Wildman–Crippen LogP) is 2.59. The third kappa shape index (κ3) is 3.62. The largest absolute Gasteiger partial charge is 0.320 e. The minimum Gasteiger partial charge on any atom is -0.320 e. The molecule has 0 heterocycles. The fraction of sp³-hybridized carbons (Fsp3) is 0.571. The molecule has 0 aliphatic rings. The average molecular weight is 220 g/mol. The molecule has 2 N–H and O–H groups in total.